The van der Waals surface area contributed by atoms with Gasteiger partial charge in [-0.05, 0) is 103 Å². The Labute approximate surface area is 260 Å². The Morgan fingerprint density at radius 3 is 2.14 bits per heavy atom. The molecule has 226 valence electrons. The summed E-state index contributed by atoms with van der Waals surface area (Å²) in [6.07, 6.45) is 5.95. The molecular formula is C37H40N4O3. The number of carbonyl (C=O) groups is 2. The first kappa shape index (κ1) is 30.7. The quantitative estimate of drug-likeness (QED) is 0.156. The minimum Gasteiger partial charge on any atom is -0.484 e. The van der Waals surface area contributed by atoms with Crippen LogP contribution in [0.1, 0.15) is 45.5 Å². The van der Waals surface area contributed by atoms with Gasteiger partial charge in [0.25, 0.3) is 11.8 Å². The third-order valence-corrected chi connectivity index (χ3v) is 7.91. The van der Waals surface area contributed by atoms with Gasteiger partial charge in [-0.15, -0.1) is 0 Å². The number of carbonyl (C=O) groups excluding carboxylic acids is 2. The van der Waals surface area contributed by atoms with E-state index in [-0.39, 0.29) is 18.4 Å². The lowest BCUT2D eigenvalue weighted by molar-refractivity contribution is -0.123. The van der Waals surface area contributed by atoms with Crippen molar-refractivity contribution in [1.29, 1.82) is 0 Å². The Morgan fingerprint density at radius 2 is 1.45 bits per heavy atom. The number of ether oxygens (including phenoxy) is 1. The first-order valence-electron chi connectivity index (χ1n) is 15.3. The lowest BCUT2D eigenvalue weighted by atomic mass is 9.90. The largest absolute Gasteiger partial charge is 0.484 e. The summed E-state index contributed by atoms with van der Waals surface area (Å²) in [7, 11) is 0. The number of piperidine rings is 1. The Balaban J connectivity index is 0.982. The van der Waals surface area contributed by atoms with E-state index >= 15 is 0 Å². The molecule has 0 bridgehead atoms. The number of hydrazone groups is 1. The topological polar surface area (TPSA) is 83.0 Å². The van der Waals surface area contributed by atoms with E-state index in [0.29, 0.717) is 17.9 Å². The highest BCUT2D eigenvalue weighted by atomic mass is 16.5. The van der Waals surface area contributed by atoms with Crippen LogP contribution in [0.5, 0.6) is 5.75 Å². The number of nitrogens with one attached hydrogen (secondary N) is 2. The van der Waals surface area contributed by atoms with Crippen molar-refractivity contribution < 1.29 is 14.3 Å². The SMILES string of the molecule is O=C(COc1ccc(/C=N\NC(=O)c2ccc(CN3CCC(Cc4ccccc4)CC3)cc2)cc1)NCCc1ccccc1. The summed E-state index contributed by atoms with van der Waals surface area (Å²) in [5, 5.41) is 6.96. The van der Waals surface area contributed by atoms with Crippen LogP contribution < -0.4 is 15.5 Å². The minimum absolute atomic E-state index is 0.0513. The van der Waals surface area contributed by atoms with E-state index in [1.807, 2.05) is 66.7 Å². The van der Waals surface area contributed by atoms with Crippen LogP contribution in [0.3, 0.4) is 0 Å². The van der Waals surface area contributed by atoms with Crippen molar-refractivity contribution in [3.63, 3.8) is 0 Å². The van der Waals surface area contributed by atoms with E-state index in [0.717, 1.165) is 44.0 Å². The minimum atomic E-state index is -0.257. The summed E-state index contributed by atoms with van der Waals surface area (Å²) in [4.78, 5) is 27.2. The van der Waals surface area contributed by atoms with Crippen LogP contribution >= 0.6 is 0 Å². The Hall–Kier alpha value is -4.75. The summed E-state index contributed by atoms with van der Waals surface area (Å²) in [6.45, 7) is 3.62. The average molecular weight is 589 g/mol. The highest BCUT2D eigenvalue weighted by Crippen LogP contribution is 2.23. The van der Waals surface area contributed by atoms with Crippen LogP contribution in [0.25, 0.3) is 0 Å². The molecule has 5 rings (SSSR count). The normalized spacial score (nSPS) is 13.9. The molecule has 1 aliphatic heterocycles. The van der Waals surface area contributed by atoms with Crippen LogP contribution in [0, 0.1) is 5.92 Å². The van der Waals surface area contributed by atoms with E-state index < -0.39 is 0 Å². The van der Waals surface area contributed by atoms with Crippen molar-refractivity contribution in [2.75, 3.05) is 26.2 Å². The van der Waals surface area contributed by atoms with E-state index in [4.69, 9.17) is 4.74 Å². The van der Waals surface area contributed by atoms with Gasteiger partial charge < -0.3 is 10.1 Å². The molecule has 0 spiro atoms. The van der Waals surface area contributed by atoms with Gasteiger partial charge in [0.15, 0.2) is 6.61 Å². The zero-order valence-corrected chi connectivity index (χ0v) is 25.0. The average Bonchev–Trinajstić information content (AvgIpc) is 3.06. The van der Waals surface area contributed by atoms with Crippen molar-refractivity contribution in [2.24, 2.45) is 11.0 Å². The molecule has 0 radical (unpaired) electrons. The van der Waals surface area contributed by atoms with Gasteiger partial charge in [0.1, 0.15) is 5.75 Å². The second-order valence-corrected chi connectivity index (χ2v) is 11.2. The number of benzene rings is 4. The second kappa shape index (κ2) is 16.2. The van der Waals surface area contributed by atoms with Gasteiger partial charge in [0, 0.05) is 18.7 Å². The zero-order valence-electron chi connectivity index (χ0n) is 25.0. The summed E-state index contributed by atoms with van der Waals surface area (Å²) < 4.78 is 5.58. The first-order valence-corrected chi connectivity index (χ1v) is 15.3. The maximum Gasteiger partial charge on any atom is 0.271 e. The number of likely N-dealkylation sites (tertiary alicyclic amines) is 1. The number of nitrogens with zero attached hydrogens (tertiary/aromatic N) is 2. The Morgan fingerprint density at radius 1 is 0.795 bits per heavy atom. The fourth-order valence-corrected chi connectivity index (χ4v) is 5.39. The third-order valence-electron chi connectivity index (χ3n) is 7.91. The van der Waals surface area contributed by atoms with Gasteiger partial charge in [-0.25, -0.2) is 5.43 Å². The van der Waals surface area contributed by atoms with Gasteiger partial charge in [-0.3, -0.25) is 14.5 Å². The van der Waals surface area contributed by atoms with E-state index in [1.165, 1.54) is 29.5 Å². The maximum absolute atomic E-state index is 12.6. The summed E-state index contributed by atoms with van der Waals surface area (Å²) in [6, 6.07) is 35.7. The summed E-state index contributed by atoms with van der Waals surface area (Å²) in [5.41, 5.74) is 7.78. The molecule has 2 amide bonds. The molecule has 0 unspecified atom stereocenters. The molecule has 1 saturated heterocycles. The molecule has 7 heteroatoms. The molecule has 2 N–H and O–H groups in total. The van der Waals surface area contributed by atoms with Gasteiger partial charge >= 0.3 is 0 Å². The molecule has 4 aromatic carbocycles. The van der Waals surface area contributed by atoms with Crippen LogP contribution in [-0.4, -0.2) is 49.2 Å². The fourth-order valence-electron chi connectivity index (χ4n) is 5.39. The van der Waals surface area contributed by atoms with E-state index in [9.17, 15) is 9.59 Å². The zero-order chi connectivity index (χ0) is 30.4. The Bertz CT molecular complexity index is 1480. The molecule has 7 nitrogen and oxygen atoms in total. The van der Waals surface area contributed by atoms with Crippen LogP contribution in [0.15, 0.2) is 114 Å². The van der Waals surface area contributed by atoms with Crippen molar-refractivity contribution in [2.45, 2.75) is 32.2 Å². The molecule has 0 aromatic heterocycles. The van der Waals surface area contributed by atoms with Crippen molar-refractivity contribution in [3.05, 3.63) is 137 Å². The van der Waals surface area contributed by atoms with Crippen LogP contribution in [0.2, 0.25) is 0 Å². The molecule has 0 saturated carbocycles. The molecule has 1 heterocycles. The number of hydrogen-bond donors (Lipinski definition) is 2. The fraction of sp³-hybridized carbons (Fsp3) is 0.270. The second-order valence-electron chi connectivity index (χ2n) is 11.2. The van der Waals surface area contributed by atoms with Crippen molar-refractivity contribution in [1.82, 2.24) is 15.6 Å². The molecule has 0 atom stereocenters. The van der Waals surface area contributed by atoms with Crippen LogP contribution in [0.4, 0.5) is 0 Å². The highest BCUT2D eigenvalue weighted by molar-refractivity contribution is 5.94. The predicted molar refractivity (Wildman–Crippen MR) is 175 cm³/mol. The smallest absolute Gasteiger partial charge is 0.271 e. The first-order chi connectivity index (χ1) is 21.6. The lowest BCUT2D eigenvalue weighted by Crippen LogP contribution is -2.33. The summed E-state index contributed by atoms with van der Waals surface area (Å²) >= 11 is 0. The predicted octanol–water partition coefficient (Wildman–Crippen LogP) is 5.64. The Kier molecular flexibility index (Phi) is 11.3. The van der Waals surface area contributed by atoms with Crippen molar-refractivity contribution in [3.8, 4) is 5.75 Å². The lowest BCUT2D eigenvalue weighted by Gasteiger charge is -2.32. The number of hydrogen-bond acceptors (Lipinski definition) is 5. The number of rotatable bonds is 13. The van der Waals surface area contributed by atoms with Gasteiger partial charge in [0.2, 0.25) is 0 Å². The molecular weight excluding hydrogens is 548 g/mol. The van der Waals surface area contributed by atoms with Gasteiger partial charge in [0.05, 0.1) is 6.21 Å². The highest BCUT2D eigenvalue weighted by Gasteiger charge is 2.19. The van der Waals surface area contributed by atoms with Crippen molar-refractivity contribution >= 4 is 18.0 Å². The van der Waals surface area contributed by atoms with Crippen LogP contribution in [-0.2, 0) is 24.2 Å². The van der Waals surface area contributed by atoms with E-state index in [2.05, 4.69) is 51.1 Å². The van der Waals surface area contributed by atoms with E-state index in [1.54, 1.807) is 18.3 Å². The molecule has 1 aliphatic rings. The standard InChI is InChI=1S/C37H40N4O3/c42-36(38-22-19-29-7-3-1-4-8-29)28-44-35-17-13-32(14-18-35)26-39-40-37(43)34-15-11-33(12-16-34)27-41-23-20-31(21-24-41)25-30-9-5-2-6-10-30/h1-18,26,31H,19-25,27-28H2,(H,38,42)(H,40,43)/b39-26-. The monoisotopic (exact) mass is 588 g/mol. The van der Waals surface area contributed by atoms with Gasteiger partial charge in [-0.1, -0.05) is 72.8 Å². The maximum atomic E-state index is 12.6. The molecule has 44 heavy (non-hydrogen) atoms. The number of amides is 2. The molecule has 1 fully saturated rings. The van der Waals surface area contributed by atoms with Gasteiger partial charge in [-0.2, -0.15) is 5.10 Å². The molecule has 4 aromatic rings. The summed E-state index contributed by atoms with van der Waals surface area (Å²) in [5.74, 6) is 0.913. The third kappa shape index (κ3) is 9.92. The molecule has 0 aliphatic carbocycles.